The molecule has 15 heavy (non-hydrogen) atoms. The van der Waals surface area contributed by atoms with Crippen molar-refractivity contribution in [3.8, 4) is 0 Å². The molecule has 0 bridgehead atoms. The van der Waals surface area contributed by atoms with Crippen LogP contribution in [-0.4, -0.2) is 36.6 Å². The molecule has 0 fully saturated rings. The zero-order chi connectivity index (χ0) is 12.4. The number of unbranched alkanes of at least 4 members (excludes halogenated alkanes) is 1. The van der Waals surface area contributed by atoms with Gasteiger partial charge in [-0.05, 0) is 0 Å². The molecule has 0 atom stereocenters. The second-order valence-electron chi connectivity index (χ2n) is 3.29. The van der Waals surface area contributed by atoms with Crippen molar-refractivity contribution in [2.75, 3.05) is 6.16 Å². The van der Waals surface area contributed by atoms with Crippen molar-refractivity contribution in [2.24, 2.45) is 0 Å². The first-order valence-electron chi connectivity index (χ1n) is 6.48. The summed E-state index contributed by atoms with van der Waals surface area (Å²) in [6, 6.07) is 0. The minimum atomic E-state index is 0.815. The first-order chi connectivity index (χ1) is 7.24. The van der Waals surface area contributed by atoms with Crippen molar-refractivity contribution < 1.29 is 0 Å². The first-order valence-corrected chi connectivity index (χ1v) is 10.4. The molecule has 0 radical (unpaired) electrons. The van der Waals surface area contributed by atoms with Crippen molar-refractivity contribution in [3.63, 3.8) is 0 Å². The molecule has 0 N–H and O–H groups in total. The van der Waals surface area contributed by atoms with E-state index in [1.807, 2.05) is 0 Å². The molecule has 0 rings (SSSR count). The van der Waals surface area contributed by atoms with Crippen LogP contribution in [-0.2, 0) is 0 Å². The zero-order valence-electron chi connectivity index (χ0n) is 11.6. The standard InChI is InChI=1S/C4H9P.4C2H5.2Al/c1-2-3-4-5;4*1-2;;/h2-4H2,1H3;4*1H2,2H3;;/q-2;;;;;2*+1. The van der Waals surface area contributed by atoms with Gasteiger partial charge in [-0.3, -0.25) is 0 Å². The Bertz CT molecular complexity index is 50.4. The van der Waals surface area contributed by atoms with Crippen molar-refractivity contribution in [3.05, 3.63) is 0 Å². The molecule has 3 heteroatoms. The van der Waals surface area contributed by atoms with Crippen molar-refractivity contribution in [1.29, 1.82) is 0 Å². The van der Waals surface area contributed by atoms with Crippen LogP contribution in [0.1, 0.15) is 47.5 Å². The second kappa shape index (κ2) is 29.6. The van der Waals surface area contributed by atoms with Crippen LogP contribution >= 0.6 is 9.24 Å². The van der Waals surface area contributed by atoms with E-state index in [9.17, 15) is 0 Å². The second-order valence-corrected chi connectivity index (χ2v) is 8.16. The molecule has 0 amide bonds. The molecule has 0 aromatic carbocycles. The van der Waals surface area contributed by atoms with E-state index in [0.29, 0.717) is 0 Å². The molecule has 0 aliphatic heterocycles. The monoisotopic (exact) mass is 258 g/mol. The summed E-state index contributed by atoms with van der Waals surface area (Å²) < 4.78 is 0. The Balaban J connectivity index is -0.000000144. The Hall–Kier alpha value is 1.49. The van der Waals surface area contributed by atoms with Gasteiger partial charge in [0.05, 0.1) is 0 Å². The van der Waals surface area contributed by atoms with E-state index in [4.69, 9.17) is 0 Å². The molecule has 0 spiro atoms. The Morgan fingerprint density at radius 1 is 0.733 bits per heavy atom. The molecular formula is C12H29Al2P. The van der Waals surface area contributed by atoms with E-state index in [1.165, 1.54) is 34.0 Å². The molecule has 0 unspecified atom stereocenters. The third-order valence-electron chi connectivity index (χ3n) is 1.67. The van der Waals surface area contributed by atoms with Crippen LogP contribution in [0, 0.1) is 0 Å². The summed E-state index contributed by atoms with van der Waals surface area (Å²) in [5.74, 6) is 0. The average Bonchev–Trinajstić information content (AvgIpc) is 2.23. The van der Waals surface area contributed by atoms with Gasteiger partial charge in [-0.2, -0.15) is 0 Å². The summed E-state index contributed by atoms with van der Waals surface area (Å²) in [6.45, 7) is 11.2. The summed E-state index contributed by atoms with van der Waals surface area (Å²) in [5.41, 5.74) is 0. The van der Waals surface area contributed by atoms with Crippen LogP contribution in [0.5, 0.6) is 0 Å². The first kappa shape index (κ1) is 21.7. The predicted molar refractivity (Wildman–Crippen MR) is 80.1 cm³/mol. The SMILES string of the molecule is CCCC[P-2].C[CH2][Al+][CH2]C.C[CH2][Al+][CH2]C. The van der Waals surface area contributed by atoms with Gasteiger partial charge < -0.3 is 15.4 Å². The van der Waals surface area contributed by atoms with E-state index in [-0.39, 0.29) is 0 Å². The molecule has 0 aromatic heterocycles. The van der Waals surface area contributed by atoms with Gasteiger partial charge in [0.25, 0.3) is 0 Å². The van der Waals surface area contributed by atoms with Crippen LogP contribution in [0.3, 0.4) is 0 Å². The molecule has 88 valence electrons. The molecule has 0 aliphatic rings. The van der Waals surface area contributed by atoms with Gasteiger partial charge in [0, 0.05) is 0 Å². The fraction of sp³-hybridized carbons (Fsp3) is 1.00. The summed E-state index contributed by atoms with van der Waals surface area (Å²) in [4.78, 5) is 0. The third-order valence-corrected chi connectivity index (χ3v) is 4.29. The third kappa shape index (κ3) is 50.2. The van der Waals surface area contributed by atoms with Crippen molar-refractivity contribution >= 4 is 39.7 Å². The normalized spacial score (nSPS) is 7.33. The summed E-state index contributed by atoms with van der Waals surface area (Å²) in [7, 11) is 4.00. The molecular weight excluding hydrogens is 229 g/mol. The van der Waals surface area contributed by atoms with Crippen LogP contribution in [0.25, 0.3) is 0 Å². The Morgan fingerprint density at radius 3 is 1.07 bits per heavy atom. The van der Waals surface area contributed by atoms with E-state index in [2.05, 4.69) is 43.9 Å². The molecule has 0 nitrogen and oxygen atoms in total. The van der Waals surface area contributed by atoms with Crippen molar-refractivity contribution in [2.45, 2.75) is 68.6 Å². The Morgan fingerprint density at radius 2 is 1.07 bits per heavy atom. The Kier molecular flexibility index (Phi) is 42.9. The van der Waals surface area contributed by atoms with Crippen LogP contribution in [0.15, 0.2) is 0 Å². The maximum absolute atomic E-state index is 4.00. The fourth-order valence-corrected chi connectivity index (χ4v) is 2.21. The fourth-order valence-electron chi connectivity index (χ4n) is 0.735. The van der Waals surface area contributed by atoms with Gasteiger partial charge in [-0.15, -0.1) is 6.42 Å². The van der Waals surface area contributed by atoms with E-state index < -0.39 is 0 Å². The quantitative estimate of drug-likeness (QED) is 0.446. The van der Waals surface area contributed by atoms with Crippen LogP contribution < -0.4 is 0 Å². The van der Waals surface area contributed by atoms with Gasteiger partial charge in [-0.25, -0.2) is 0 Å². The Labute approximate surface area is 114 Å². The van der Waals surface area contributed by atoms with Crippen LogP contribution in [0.2, 0.25) is 21.1 Å². The zero-order valence-corrected chi connectivity index (χ0v) is 14.8. The van der Waals surface area contributed by atoms with Gasteiger partial charge in [0.2, 0.25) is 0 Å². The van der Waals surface area contributed by atoms with Crippen molar-refractivity contribution in [1.82, 2.24) is 0 Å². The summed E-state index contributed by atoms with van der Waals surface area (Å²) in [5, 5.41) is 5.71. The summed E-state index contributed by atoms with van der Waals surface area (Å²) in [6.07, 6.45) is 3.56. The minimum absolute atomic E-state index is 0.815. The van der Waals surface area contributed by atoms with E-state index in [1.54, 1.807) is 0 Å². The van der Waals surface area contributed by atoms with Crippen LogP contribution in [0.4, 0.5) is 0 Å². The molecule has 0 saturated carbocycles. The predicted octanol–water partition coefficient (Wildman–Crippen LogP) is 5.33. The number of rotatable bonds is 6. The van der Waals surface area contributed by atoms with E-state index >= 15 is 0 Å². The topological polar surface area (TPSA) is 0 Å². The number of hydrogen-bond donors (Lipinski definition) is 0. The van der Waals surface area contributed by atoms with Gasteiger partial charge in [0.1, 0.15) is 0 Å². The molecule has 0 heterocycles. The summed E-state index contributed by atoms with van der Waals surface area (Å²) >= 11 is 1.63. The average molecular weight is 258 g/mol. The maximum atomic E-state index is 4.00. The molecule has 0 aromatic rings. The van der Waals surface area contributed by atoms with Gasteiger partial charge >= 0.3 is 79.3 Å². The number of hydrogen-bond acceptors (Lipinski definition) is 0. The van der Waals surface area contributed by atoms with Gasteiger partial charge in [0.15, 0.2) is 0 Å². The van der Waals surface area contributed by atoms with Gasteiger partial charge in [-0.1, -0.05) is 13.3 Å². The molecule has 0 aliphatic carbocycles. The molecule has 0 saturated heterocycles. The van der Waals surface area contributed by atoms with E-state index in [0.717, 1.165) is 36.6 Å².